The first kappa shape index (κ1) is 13.7. The van der Waals surface area contributed by atoms with E-state index in [1.807, 2.05) is 22.8 Å². The van der Waals surface area contributed by atoms with E-state index < -0.39 is 0 Å². The van der Waals surface area contributed by atoms with Crippen molar-refractivity contribution >= 4 is 0 Å². The summed E-state index contributed by atoms with van der Waals surface area (Å²) in [5.74, 6) is 0.650. The van der Waals surface area contributed by atoms with Crippen molar-refractivity contribution in [1.82, 2.24) is 9.55 Å². The first-order valence-corrected chi connectivity index (χ1v) is 8.43. The molecule has 0 saturated heterocycles. The van der Waals surface area contributed by atoms with E-state index in [2.05, 4.69) is 24.0 Å². The molecule has 22 heavy (non-hydrogen) atoms. The van der Waals surface area contributed by atoms with Gasteiger partial charge in [-0.1, -0.05) is 43.7 Å². The highest BCUT2D eigenvalue weighted by atomic mass is 16.1. The Hall–Kier alpha value is -1.90. The van der Waals surface area contributed by atoms with Crippen LogP contribution in [0, 0.1) is 5.92 Å². The summed E-state index contributed by atoms with van der Waals surface area (Å²) in [7, 11) is 0. The molecule has 0 N–H and O–H groups in total. The Morgan fingerprint density at radius 3 is 2.64 bits per heavy atom. The minimum absolute atomic E-state index is 0.0470. The second kappa shape index (κ2) is 5.38. The molecule has 2 aliphatic carbocycles. The van der Waals surface area contributed by atoms with Crippen molar-refractivity contribution in [2.75, 3.05) is 0 Å². The second-order valence-corrected chi connectivity index (χ2v) is 6.84. The molecule has 4 rings (SSSR count). The van der Waals surface area contributed by atoms with E-state index in [4.69, 9.17) is 0 Å². The van der Waals surface area contributed by atoms with Crippen LogP contribution in [-0.4, -0.2) is 9.55 Å². The summed E-state index contributed by atoms with van der Waals surface area (Å²) < 4.78 is 2.02. The van der Waals surface area contributed by atoms with E-state index in [0.29, 0.717) is 12.0 Å². The topological polar surface area (TPSA) is 34.9 Å². The molecular formula is C19H22N2O. The predicted octanol–water partition coefficient (Wildman–Crippen LogP) is 3.76. The molecule has 0 aliphatic heterocycles. The van der Waals surface area contributed by atoms with Crippen LogP contribution in [0.15, 0.2) is 35.1 Å². The Balaban J connectivity index is 1.95. The van der Waals surface area contributed by atoms with Crippen molar-refractivity contribution in [3.63, 3.8) is 0 Å². The molecule has 0 bridgehead atoms. The fourth-order valence-corrected chi connectivity index (χ4v) is 3.70. The van der Waals surface area contributed by atoms with Gasteiger partial charge in [-0.15, -0.1) is 0 Å². The van der Waals surface area contributed by atoms with E-state index >= 15 is 0 Å². The lowest BCUT2D eigenvalue weighted by molar-refractivity contribution is 0.505. The largest absolute Gasteiger partial charge is 0.348 e. The lowest BCUT2D eigenvalue weighted by Crippen LogP contribution is -2.28. The molecule has 1 fully saturated rings. The monoisotopic (exact) mass is 294 g/mol. The van der Waals surface area contributed by atoms with E-state index in [1.165, 1.54) is 24.1 Å². The standard InChI is InChI=1S/C19H22N2O/c1-13-6-5-9-16-17(12-13)21(15-10-11-15)19(22)20-18(16)14-7-3-2-4-8-14/h2-4,7-8,13,15H,5-6,9-12H2,1H3. The van der Waals surface area contributed by atoms with Gasteiger partial charge >= 0.3 is 5.69 Å². The molecule has 3 heteroatoms. The van der Waals surface area contributed by atoms with Gasteiger partial charge in [0.1, 0.15) is 0 Å². The van der Waals surface area contributed by atoms with Crippen LogP contribution in [0.1, 0.15) is 49.9 Å². The summed E-state index contributed by atoms with van der Waals surface area (Å²) in [6.07, 6.45) is 6.76. The maximum atomic E-state index is 12.6. The molecule has 1 atom stereocenters. The normalized spacial score (nSPS) is 21.2. The van der Waals surface area contributed by atoms with Crippen LogP contribution in [-0.2, 0) is 12.8 Å². The fraction of sp³-hybridized carbons (Fsp3) is 0.474. The molecule has 1 aromatic carbocycles. The number of rotatable bonds is 2. The van der Waals surface area contributed by atoms with Crippen LogP contribution in [0.5, 0.6) is 0 Å². The maximum Gasteiger partial charge on any atom is 0.348 e. The van der Waals surface area contributed by atoms with Crippen LogP contribution < -0.4 is 5.69 Å². The van der Waals surface area contributed by atoms with Gasteiger partial charge in [0.05, 0.1) is 5.69 Å². The molecule has 1 saturated carbocycles. The smallest absolute Gasteiger partial charge is 0.293 e. The zero-order valence-corrected chi connectivity index (χ0v) is 13.1. The summed E-state index contributed by atoms with van der Waals surface area (Å²) in [5.41, 5.74) is 4.54. The number of fused-ring (bicyclic) bond motifs is 1. The third kappa shape index (κ3) is 2.39. The zero-order valence-electron chi connectivity index (χ0n) is 13.1. The molecule has 1 heterocycles. The number of hydrogen-bond donors (Lipinski definition) is 0. The van der Waals surface area contributed by atoms with Crippen molar-refractivity contribution in [2.45, 2.75) is 51.5 Å². The summed E-state index contributed by atoms with van der Waals surface area (Å²) >= 11 is 0. The van der Waals surface area contributed by atoms with E-state index in [0.717, 1.165) is 36.9 Å². The highest BCUT2D eigenvalue weighted by molar-refractivity contribution is 5.64. The van der Waals surface area contributed by atoms with Crippen LogP contribution in [0.4, 0.5) is 0 Å². The van der Waals surface area contributed by atoms with Crippen molar-refractivity contribution in [2.24, 2.45) is 5.92 Å². The third-order valence-electron chi connectivity index (χ3n) is 4.96. The molecule has 2 aromatic rings. The highest BCUT2D eigenvalue weighted by Gasteiger charge is 2.31. The summed E-state index contributed by atoms with van der Waals surface area (Å²) in [5, 5.41) is 0. The molecule has 0 amide bonds. The minimum atomic E-state index is -0.0470. The molecule has 1 aromatic heterocycles. The van der Waals surface area contributed by atoms with Gasteiger partial charge in [0.25, 0.3) is 0 Å². The zero-order chi connectivity index (χ0) is 15.1. The Morgan fingerprint density at radius 2 is 1.91 bits per heavy atom. The first-order chi connectivity index (χ1) is 10.7. The Labute approximate surface area is 131 Å². The molecule has 2 aliphatic rings. The number of nitrogens with zero attached hydrogens (tertiary/aromatic N) is 2. The fourth-order valence-electron chi connectivity index (χ4n) is 3.70. The second-order valence-electron chi connectivity index (χ2n) is 6.84. The Morgan fingerprint density at radius 1 is 1.14 bits per heavy atom. The number of hydrogen-bond acceptors (Lipinski definition) is 2. The van der Waals surface area contributed by atoms with Crippen LogP contribution in [0.3, 0.4) is 0 Å². The van der Waals surface area contributed by atoms with Gasteiger partial charge in [-0.3, -0.25) is 4.57 Å². The molecule has 114 valence electrons. The van der Waals surface area contributed by atoms with Crippen LogP contribution in [0.2, 0.25) is 0 Å². The quantitative estimate of drug-likeness (QED) is 0.790. The average Bonchev–Trinajstić information content (AvgIpc) is 3.35. The summed E-state index contributed by atoms with van der Waals surface area (Å²) in [6.45, 7) is 2.30. The highest BCUT2D eigenvalue weighted by Crippen LogP contribution is 2.38. The maximum absolute atomic E-state index is 12.6. The third-order valence-corrected chi connectivity index (χ3v) is 4.96. The molecule has 3 nitrogen and oxygen atoms in total. The molecule has 1 unspecified atom stereocenters. The van der Waals surface area contributed by atoms with Gasteiger partial charge in [-0.05, 0) is 43.6 Å². The Kier molecular flexibility index (Phi) is 3.36. The van der Waals surface area contributed by atoms with Gasteiger partial charge in [-0.25, -0.2) is 4.79 Å². The van der Waals surface area contributed by atoms with Crippen molar-refractivity contribution < 1.29 is 0 Å². The van der Waals surface area contributed by atoms with Crippen molar-refractivity contribution in [1.29, 1.82) is 0 Å². The van der Waals surface area contributed by atoms with Gasteiger partial charge in [0.2, 0.25) is 0 Å². The number of aromatic nitrogens is 2. The number of benzene rings is 1. The lowest BCUT2D eigenvalue weighted by atomic mass is 9.99. The molecule has 0 radical (unpaired) electrons. The van der Waals surface area contributed by atoms with Gasteiger partial charge in [0, 0.05) is 17.3 Å². The van der Waals surface area contributed by atoms with Gasteiger partial charge in [0.15, 0.2) is 0 Å². The minimum Gasteiger partial charge on any atom is -0.293 e. The van der Waals surface area contributed by atoms with E-state index in [-0.39, 0.29) is 5.69 Å². The predicted molar refractivity (Wildman–Crippen MR) is 88.0 cm³/mol. The first-order valence-electron chi connectivity index (χ1n) is 8.43. The summed E-state index contributed by atoms with van der Waals surface area (Å²) in [4.78, 5) is 17.1. The molecular weight excluding hydrogens is 272 g/mol. The Bertz CT molecular complexity index is 744. The van der Waals surface area contributed by atoms with Crippen molar-refractivity contribution in [3.8, 4) is 11.3 Å². The van der Waals surface area contributed by atoms with Gasteiger partial charge in [-0.2, -0.15) is 4.98 Å². The average molecular weight is 294 g/mol. The SMILES string of the molecule is CC1CCCc2c(-c3ccccc3)nc(=O)n(C3CC3)c2C1. The van der Waals surface area contributed by atoms with Crippen LogP contribution >= 0.6 is 0 Å². The van der Waals surface area contributed by atoms with Crippen molar-refractivity contribution in [3.05, 3.63) is 52.1 Å². The lowest BCUT2D eigenvalue weighted by Gasteiger charge is -2.18. The van der Waals surface area contributed by atoms with E-state index in [9.17, 15) is 4.79 Å². The van der Waals surface area contributed by atoms with Gasteiger partial charge < -0.3 is 0 Å². The molecule has 0 spiro atoms. The van der Waals surface area contributed by atoms with E-state index in [1.54, 1.807) is 0 Å². The van der Waals surface area contributed by atoms with Crippen LogP contribution in [0.25, 0.3) is 11.3 Å². The summed E-state index contributed by atoms with van der Waals surface area (Å²) in [6, 6.07) is 10.6.